The molecule has 1 saturated heterocycles. The summed E-state index contributed by atoms with van der Waals surface area (Å²) in [5.74, 6) is 1.75. The number of carbonyl (C=O) groups excluding carboxylic acids is 2. The van der Waals surface area contributed by atoms with Crippen LogP contribution < -0.4 is 25.8 Å². The molecular weight excluding hydrogens is 450 g/mol. The molecule has 11 nitrogen and oxygen atoms in total. The van der Waals surface area contributed by atoms with Crippen LogP contribution in [0.3, 0.4) is 0 Å². The SMILES string of the molecule is COc1ccc2c(NCCNC(=O)CCCCCC(=O)NO)nc(N3CCCN(C)CC3)nc2c1. The maximum atomic E-state index is 12.1. The van der Waals surface area contributed by atoms with Crippen molar-refractivity contribution >= 4 is 34.5 Å². The van der Waals surface area contributed by atoms with Crippen LogP contribution >= 0.6 is 0 Å². The Labute approximate surface area is 206 Å². The van der Waals surface area contributed by atoms with E-state index in [1.54, 1.807) is 12.6 Å². The van der Waals surface area contributed by atoms with Gasteiger partial charge in [0.1, 0.15) is 11.6 Å². The standard InChI is InChI=1S/C24H37N7O4/c1-30-13-6-14-31(16-15-30)24-27-20-17-18(35-2)9-10-19(20)23(28-24)26-12-11-25-21(32)7-4-3-5-8-22(33)29-34/h9-10,17,34H,3-8,11-16H2,1-2H3,(H,25,32)(H,29,33)(H,26,27,28). The molecule has 4 N–H and O–H groups in total. The van der Waals surface area contributed by atoms with Crippen LogP contribution in [0.4, 0.5) is 11.8 Å². The van der Waals surface area contributed by atoms with Crippen LogP contribution in [0, 0.1) is 0 Å². The van der Waals surface area contributed by atoms with Gasteiger partial charge in [0, 0.05) is 57.0 Å². The summed E-state index contributed by atoms with van der Waals surface area (Å²) >= 11 is 0. The molecule has 1 aromatic heterocycles. The fourth-order valence-electron chi connectivity index (χ4n) is 4.02. The molecule has 0 atom stereocenters. The van der Waals surface area contributed by atoms with Gasteiger partial charge in [-0.25, -0.2) is 10.5 Å². The van der Waals surface area contributed by atoms with Gasteiger partial charge in [-0.15, -0.1) is 0 Å². The van der Waals surface area contributed by atoms with Crippen molar-refractivity contribution in [1.29, 1.82) is 0 Å². The highest BCUT2D eigenvalue weighted by Crippen LogP contribution is 2.27. The Morgan fingerprint density at radius 1 is 1.03 bits per heavy atom. The van der Waals surface area contributed by atoms with Gasteiger partial charge >= 0.3 is 0 Å². The predicted molar refractivity (Wildman–Crippen MR) is 135 cm³/mol. The maximum absolute atomic E-state index is 12.1. The summed E-state index contributed by atoms with van der Waals surface area (Å²) in [5.41, 5.74) is 2.42. The number of ether oxygens (including phenoxy) is 1. The van der Waals surface area contributed by atoms with E-state index in [0.29, 0.717) is 38.3 Å². The molecule has 1 aliphatic heterocycles. The number of benzene rings is 1. The molecule has 0 aliphatic carbocycles. The average molecular weight is 488 g/mol. The van der Waals surface area contributed by atoms with Crippen molar-refractivity contribution in [3.05, 3.63) is 18.2 Å². The second-order valence-electron chi connectivity index (χ2n) is 8.77. The van der Waals surface area contributed by atoms with Crippen molar-refractivity contribution in [2.45, 2.75) is 38.5 Å². The van der Waals surface area contributed by atoms with Crippen molar-refractivity contribution in [2.24, 2.45) is 0 Å². The maximum Gasteiger partial charge on any atom is 0.243 e. The normalized spacial score (nSPS) is 14.4. The molecule has 0 radical (unpaired) electrons. The molecule has 1 fully saturated rings. The van der Waals surface area contributed by atoms with Gasteiger partial charge in [0.15, 0.2) is 0 Å². The first-order valence-corrected chi connectivity index (χ1v) is 12.2. The molecule has 0 bridgehead atoms. The summed E-state index contributed by atoms with van der Waals surface area (Å²) < 4.78 is 5.39. The highest BCUT2D eigenvalue weighted by atomic mass is 16.5. The molecule has 35 heavy (non-hydrogen) atoms. The number of carbonyl (C=O) groups is 2. The Bertz CT molecular complexity index is 988. The number of methoxy groups -OCH3 is 1. The largest absolute Gasteiger partial charge is 0.497 e. The number of anilines is 2. The zero-order valence-electron chi connectivity index (χ0n) is 20.7. The molecule has 1 aliphatic rings. The minimum Gasteiger partial charge on any atom is -0.497 e. The first-order valence-electron chi connectivity index (χ1n) is 12.2. The molecule has 2 heterocycles. The fourth-order valence-corrected chi connectivity index (χ4v) is 4.02. The molecule has 2 aromatic rings. The Morgan fingerprint density at radius 2 is 1.83 bits per heavy atom. The topological polar surface area (TPSA) is 132 Å². The van der Waals surface area contributed by atoms with Crippen LogP contribution in [0.15, 0.2) is 18.2 Å². The predicted octanol–water partition coefficient (Wildman–Crippen LogP) is 1.76. The molecular formula is C24H37N7O4. The van der Waals surface area contributed by atoms with E-state index in [0.717, 1.165) is 61.5 Å². The number of unbranched alkanes of at least 4 members (excludes halogenated alkanes) is 2. The van der Waals surface area contributed by atoms with Crippen molar-refractivity contribution in [3.63, 3.8) is 0 Å². The number of hydrogen-bond acceptors (Lipinski definition) is 9. The number of hydroxylamine groups is 1. The van der Waals surface area contributed by atoms with Crippen molar-refractivity contribution in [2.75, 3.05) is 63.6 Å². The highest BCUT2D eigenvalue weighted by molar-refractivity contribution is 5.91. The Balaban J connectivity index is 1.56. The van der Waals surface area contributed by atoms with Gasteiger partial charge in [0.25, 0.3) is 0 Å². The van der Waals surface area contributed by atoms with E-state index in [1.807, 2.05) is 18.2 Å². The minimum atomic E-state index is -0.400. The third kappa shape index (κ3) is 8.22. The van der Waals surface area contributed by atoms with Crippen molar-refractivity contribution in [3.8, 4) is 5.75 Å². The second kappa shape index (κ2) is 13.6. The third-order valence-electron chi connectivity index (χ3n) is 6.07. The number of likely N-dealkylation sites (N-methyl/N-ethyl adjacent to an activating group) is 1. The molecule has 11 heteroatoms. The number of amides is 2. The lowest BCUT2D eigenvalue weighted by atomic mass is 10.1. The van der Waals surface area contributed by atoms with Gasteiger partial charge < -0.3 is 25.2 Å². The van der Waals surface area contributed by atoms with Gasteiger partial charge in [-0.05, 0) is 45.0 Å². The summed E-state index contributed by atoms with van der Waals surface area (Å²) in [6.07, 6.45) is 3.82. The van der Waals surface area contributed by atoms with Crippen molar-refractivity contribution < 1.29 is 19.5 Å². The zero-order chi connectivity index (χ0) is 25.0. The molecule has 0 saturated carbocycles. The van der Waals surface area contributed by atoms with Gasteiger partial charge in [0.2, 0.25) is 17.8 Å². The summed E-state index contributed by atoms with van der Waals surface area (Å²) in [5, 5.41) is 15.7. The fraction of sp³-hybridized carbons (Fsp3) is 0.583. The van der Waals surface area contributed by atoms with Crippen molar-refractivity contribution in [1.82, 2.24) is 25.7 Å². The van der Waals surface area contributed by atoms with Crippen LogP contribution in [-0.2, 0) is 9.59 Å². The van der Waals surface area contributed by atoms with Crippen LogP contribution in [0.5, 0.6) is 5.75 Å². The Kier molecular flexibility index (Phi) is 10.3. The number of fused-ring (bicyclic) bond motifs is 1. The number of aromatic nitrogens is 2. The zero-order valence-corrected chi connectivity index (χ0v) is 20.7. The first-order chi connectivity index (χ1) is 17.0. The summed E-state index contributed by atoms with van der Waals surface area (Å²) in [7, 11) is 3.77. The van der Waals surface area contributed by atoms with E-state index in [2.05, 4.69) is 27.5 Å². The van der Waals surface area contributed by atoms with Gasteiger partial charge in [-0.3, -0.25) is 14.8 Å². The third-order valence-corrected chi connectivity index (χ3v) is 6.07. The second-order valence-corrected chi connectivity index (χ2v) is 8.77. The van der Waals surface area contributed by atoms with Gasteiger partial charge in [-0.2, -0.15) is 4.98 Å². The van der Waals surface area contributed by atoms with E-state index in [9.17, 15) is 9.59 Å². The number of hydrogen-bond donors (Lipinski definition) is 4. The van der Waals surface area contributed by atoms with E-state index in [1.165, 1.54) is 0 Å². The quantitative estimate of drug-likeness (QED) is 0.201. The lowest BCUT2D eigenvalue weighted by Gasteiger charge is -2.22. The molecule has 3 rings (SSSR count). The highest BCUT2D eigenvalue weighted by Gasteiger charge is 2.17. The van der Waals surface area contributed by atoms with E-state index >= 15 is 0 Å². The molecule has 1 aromatic carbocycles. The smallest absolute Gasteiger partial charge is 0.243 e. The lowest BCUT2D eigenvalue weighted by Crippen LogP contribution is -2.31. The van der Waals surface area contributed by atoms with E-state index < -0.39 is 5.91 Å². The average Bonchev–Trinajstić information content (AvgIpc) is 3.09. The van der Waals surface area contributed by atoms with Crippen LogP contribution in [-0.4, -0.2) is 85.3 Å². The Morgan fingerprint density at radius 3 is 2.60 bits per heavy atom. The van der Waals surface area contributed by atoms with Crippen LogP contribution in [0.25, 0.3) is 10.9 Å². The molecule has 0 unspecified atom stereocenters. The summed E-state index contributed by atoms with van der Waals surface area (Å²) in [6.45, 7) is 4.79. The number of nitrogens with zero attached hydrogens (tertiary/aromatic N) is 4. The van der Waals surface area contributed by atoms with Gasteiger partial charge in [-0.1, -0.05) is 6.42 Å². The lowest BCUT2D eigenvalue weighted by molar-refractivity contribution is -0.129. The van der Waals surface area contributed by atoms with Crippen LogP contribution in [0.1, 0.15) is 38.5 Å². The van der Waals surface area contributed by atoms with E-state index in [4.69, 9.17) is 19.9 Å². The first kappa shape index (κ1) is 26.4. The number of rotatable bonds is 12. The monoisotopic (exact) mass is 487 g/mol. The van der Waals surface area contributed by atoms with E-state index in [-0.39, 0.29) is 12.3 Å². The number of nitrogens with one attached hydrogen (secondary N) is 3. The summed E-state index contributed by atoms with van der Waals surface area (Å²) in [6, 6.07) is 5.76. The van der Waals surface area contributed by atoms with Gasteiger partial charge in [0.05, 0.1) is 12.6 Å². The molecule has 192 valence electrons. The molecule has 0 spiro atoms. The van der Waals surface area contributed by atoms with Crippen LogP contribution in [0.2, 0.25) is 0 Å². The Hall–Kier alpha value is -3.18. The molecule has 2 amide bonds. The minimum absolute atomic E-state index is 0.0231. The summed E-state index contributed by atoms with van der Waals surface area (Å²) in [4.78, 5) is 37.3.